The van der Waals surface area contributed by atoms with Gasteiger partial charge in [-0.15, -0.1) is 0 Å². The van der Waals surface area contributed by atoms with Gasteiger partial charge in [-0.3, -0.25) is 0 Å². The van der Waals surface area contributed by atoms with E-state index in [0.29, 0.717) is 5.92 Å². The Labute approximate surface area is 85.4 Å². The molecule has 14 heavy (non-hydrogen) atoms. The van der Waals surface area contributed by atoms with Crippen LogP contribution >= 0.6 is 0 Å². The summed E-state index contributed by atoms with van der Waals surface area (Å²) in [6.07, 6.45) is 5.96. The van der Waals surface area contributed by atoms with Gasteiger partial charge < -0.3 is 10.7 Å². The summed E-state index contributed by atoms with van der Waals surface area (Å²) in [4.78, 5) is 7.38. The minimum absolute atomic E-state index is 0.446. The number of hydrogen-bond donors (Lipinski definition) is 2. The molecule has 0 atom stereocenters. The van der Waals surface area contributed by atoms with Gasteiger partial charge in [0, 0.05) is 12.4 Å². The van der Waals surface area contributed by atoms with Gasteiger partial charge in [-0.05, 0) is 17.9 Å². The van der Waals surface area contributed by atoms with Crippen LogP contribution in [0, 0.1) is 0 Å². The Hall–Kier alpha value is -1.25. The fourth-order valence-electron chi connectivity index (χ4n) is 1.31. The zero-order valence-electron chi connectivity index (χ0n) is 9.17. The number of nitrogens with two attached hydrogens (primary N) is 1. The summed E-state index contributed by atoms with van der Waals surface area (Å²) in [5.41, 5.74) is 7.87. The molecule has 0 radical (unpaired) electrons. The average molecular weight is 193 g/mol. The van der Waals surface area contributed by atoms with Crippen molar-refractivity contribution in [3.05, 3.63) is 11.8 Å². The van der Waals surface area contributed by atoms with Crippen molar-refractivity contribution in [2.24, 2.45) is 4.99 Å². The summed E-state index contributed by atoms with van der Waals surface area (Å²) < 4.78 is 0. The lowest BCUT2D eigenvalue weighted by atomic mass is 10.1. The molecule has 0 bridgehead atoms. The highest BCUT2D eigenvalue weighted by molar-refractivity contribution is 5.71. The number of nitrogens with zero attached hydrogens (tertiary/aromatic N) is 1. The highest BCUT2D eigenvalue weighted by Crippen LogP contribution is 2.29. The second-order valence-electron chi connectivity index (χ2n) is 3.76. The van der Waals surface area contributed by atoms with Crippen LogP contribution < -0.4 is 5.73 Å². The van der Waals surface area contributed by atoms with Crippen molar-refractivity contribution in [2.75, 3.05) is 5.73 Å². The summed E-state index contributed by atoms with van der Waals surface area (Å²) in [6.45, 7) is 6.38. The Bertz CT molecular complexity index is 310. The number of H-pyrrole nitrogens is 1. The number of aliphatic imine (C=N–C) groups is 1. The maximum Gasteiger partial charge on any atom is 0.153 e. The minimum Gasteiger partial charge on any atom is -0.395 e. The summed E-state index contributed by atoms with van der Waals surface area (Å²) in [7, 11) is 0. The summed E-state index contributed by atoms with van der Waals surface area (Å²) in [5, 5.41) is 0. The van der Waals surface area contributed by atoms with Crippen molar-refractivity contribution >= 4 is 17.7 Å². The highest BCUT2D eigenvalue weighted by Gasteiger charge is 2.09. The van der Waals surface area contributed by atoms with Crippen LogP contribution in [-0.2, 0) is 0 Å². The van der Waals surface area contributed by atoms with Gasteiger partial charge in [0.2, 0.25) is 0 Å². The number of nitrogens with one attached hydrogen (secondary N) is 1. The lowest BCUT2D eigenvalue weighted by Gasteiger charge is -2.01. The smallest absolute Gasteiger partial charge is 0.153 e. The maximum atomic E-state index is 5.94. The average Bonchev–Trinajstić information content (AvgIpc) is 2.48. The van der Waals surface area contributed by atoms with E-state index in [2.05, 4.69) is 30.7 Å². The van der Waals surface area contributed by atoms with Crippen molar-refractivity contribution in [3.63, 3.8) is 0 Å². The van der Waals surface area contributed by atoms with E-state index in [4.69, 9.17) is 5.73 Å². The first-order chi connectivity index (χ1) is 6.66. The van der Waals surface area contributed by atoms with Gasteiger partial charge in [0.15, 0.2) is 5.82 Å². The monoisotopic (exact) mass is 193 g/mol. The lowest BCUT2D eigenvalue weighted by molar-refractivity contribution is 0.871. The van der Waals surface area contributed by atoms with Gasteiger partial charge in [0.25, 0.3) is 0 Å². The number of aromatic amines is 1. The van der Waals surface area contributed by atoms with Gasteiger partial charge in [-0.2, -0.15) is 0 Å². The summed E-state index contributed by atoms with van der Waals surface area (Å²) >= 11 is 0. The predicted molar refractivity (Wildman–Crippen MR) is 62.4 cm³/mol. The fourth-order valence-corrected chi connectivity index (χ4v) is 1.31. The van der Waals surface area contributed by atoms with Crippen LogP contribution in [0.2, 0.25) is 0 Å². The maximum absolute atomic E-state index is 5.94. The third-order valence-electron chi connectivity index (χ3n) is 2.19. The number of unbranched alkanes of at least 4 members (excludes halogenated alkanes) is 1. The molecule has 78 valence electrons. The predicted octanol–water partition coefficient (Wildman–Crippen LogP) is 3.22. The third-order valence-corrected chi connectivity index (χ3v) is 2.19. The Balaban J connectivity index is 2.79. The van der Waals surface area contributed by atoms with E-state index in [-0.39, 0.29) is 0 Å². The van der Waals surface area contributed by atoms with E-state index in [9.17, 15) is 0 Å². The molecule has 3 N–H and O–H groups in total. The SMILES string of the molecule is CCCC=Nc1[nH]cc(C(C)C)c1N. The quantitative estimate of drug-likeness (QED) is 0.709. The van der Waals surface area contributed by atoms with Crippen molar-refractivity contribution in [3.8, 4) is 0 Å². The molecule has 0 unspecified atom stereocenters. The van der Waals surface area contributed by atoms with Crippen molar-refractivity contribution in [1.82, 2.24) is 4.98 Å². The molecule has 0 aliphatic rings. The van der Waals surface area contributed by atoms with E-state index in [0.717, 1.165) is 29.9 Å². The lowest BCUT2D eigenvalue weighted by Crippen LogP contribution is -1.91. The molecule has 0 aliphatic carbocycles. The second-order valence-corrected chi connectivity index (χ2v) is 3.76. The molecular formula is C11H19N3. The second kappa shape index (κ2) is 4.84. The van der Waals surface area contributed by atoms with E-state index in [1.807, 2.05) is 12.4 Å². The largest absolute Gasteiger partial charge is 0.395 e. The normalized spacial score (nSPS) is 11.7. The Morgan fingerprint density at radius 1 is 1.57 bits per heavy atom. The first kappa shape index (κ1) is 10.8. The van der Waals surface area contributed by atoms with E-state index in [1.54, 1.807) is 0 Å². The molecule has 3 heteroatoms. The number of hydrogen-bond acceptors (Lipinski definition) is 2. The Morgan fingerprint density at radius 2 is 2.29 bits per heavy atom. The molecule has 0 saturated heterocycles. The van der Waals surface area contributed by atoms with E-state index >= 15 is 0 Å². The summed E-state index contributed by atoms with van der Waals surface area (Å²) in [6, 6.07) is 0. The Kier molecular flexibility index (Phi) is 3.74. The molecule has 0 aliphatic heterocycles. The third kappa shape index (κ3) is 2.37. The van der Waals surface area contributed by atoms with Crippen molar-refractivity contribution < 1.29 is 0 Å². The molecular weight excluding hydrogens is 174 g/mol. The molecule has 1 aromatic heterocycles. The minimum atomic E-state index is 0.446. The molecule has 1 heterocycles. The van der Waals surface area contributed by atoms with Gasteiger partial charge in [0.05, 0.1) is 5.69 Å². The van der Waals surface area contributed by atoms with Crippen molar-refractivity contribution in [1.29, 1.82) is 0 Å². The molecule has 0 spiro atoms. The van der Waals surface area contributed by atoms with Gasteiger partial charge in [-0.25, -0.2) is 4.99 Å². The molecule has 0 fully saturated rings. The van der Waals surface area contributed by atoms with Crippen LogP contribution in [0.15, 0.2) is 11.2 Å². The van der Waals surface area contributed by atoms with Crippen LogP contribution in [0.1, 0.15) is 45.1 Å². The summed E-state index contributed by atoms with van der Waals surface area (Å²) in [5.74, 6) is 1.24. The highest BCUT2D eigenvalue weighted by atomic mass is 14.9. The van der Waals surface area contributed by atoms with Crippen LogP contribution in [0.4, 0.5) is 11.5 Å². The number of anilines is 1. The molecule has 1 aromatic rings. The molecule has 0 saturated carbocycles. The number of nitrogen functional groups attached to an aromatic ring is 1. The zero-order chi connectivity index (χ0) is 10.6. The van der Waals surface area contributed by atoms with Gasteiger partial charge in [-0.1, -0.05) is 27.2 Å². The first-order valence-electron chi connectivity index (χ1n) is 5.16. The number of aromatic nitrogens is 1. The van der Waals surface area contributed by atoms with Crippen LogP contribution in [0.3, 0.4) is 0 Å². The molecule has 3 nitrogen and oxygen atoms in total. The molecule has 0 aromatic carbocycles. The van der Waals surface area contributed by atoms with Crippen LogP contribution in [0.25, 0.3) is 0 Å². The topological polar surface area (TPSA) is 54.2 Å². The zero-order valence-corrected chi connectivity index (χ0v) is 9.17. The van der Waals surface area contributed by atoms with Crippen LogP contribution in [-0.4, -0.2) is 11.2 Å². The van der Waals surface area contributed by atoms with E-state index in [1.165, 1.54) is 0 Å². The van der Waals surface area contributed by atoms with Crippen LogP contribution in [0.5, 0.6) is 0 Å². The number of rotatable bonds is 4. The molecule has 1 rings (SSSR count). The van der Waals surface area contributed by atoms with Gasteiger partial charge >= 0.3 is 0 Å². The first-order valence-corrected chi connectivity index (χ1v) is 5.16. The Morgan fingerprint density at radius 3 is 2.79 bits per heavy atom. The van der Waals surface area contributed by atoms with Gasteiger partial charge in [0.1, 0.15) is 0 Å². The van der Waals surface area contributed by atoms with E-state index < -0.39 is 0 Å². The standard InChI is InChI=1S/C11H19N3/c1-4-5-6-13-11-10(12)9(7-14-11)8(2)3/h6-8,14H,4-5,12H2,1-3H3. The fraction of sp³-hybridized carbons (Fsp3) is 0.545. The van der Waals surface area contributed by atoms with Crippen molar-refractivity contribution in [2.45, 2.75) is 39.5 Å². The molecule has 0 amide bonds.